The normalized spacial score (nSPS) is 16.6. The van der Waals surface area contributed by atoms with Crippen LogP contribution in [0.3, 0.4) is 0 Å². The zero-order valence-electron chi connectivity index (χ0n) is 13.7. The third-order valence-corrected chi connectivity index (χ3v) is 6.87. The molecule has 2 aliphatic rings. The molecule has 25 heavy (non-hydrogen) atoms. The number of para-hydroxylation sites is 1. The molecule has 0 radical (unpaired) electrons. The third-order valence-electron chi connectivity index (χ3n) is 4.59. The van der Waals surface area contributed by atoms with Gasteiger partial charge in [0.25, 0.3) is 5.91 Å². The van der Waals surface area contributed by atoms with Crippen molar-refractivity contribution in [1.29, 1.82) is 0 Å². The van der Waals surface area contributed by atoms with Crippen molar-refractivity contribution in [3.05, 3.63) is 53.6 Å². The average Bonchev–Trinajstić information content (AvgIpc) is 3.48. The van der Waals surface area contributed by atoms with Crippen LogP contribution in [-0.2, 0) is 16.3 Å². The summed E-state index contributed by atoms with van der Waals surface area (Å²) in [6, 6.07) is 11.9. The summed E-state index contributed by atoms with van der Waals surface area (Å²) in [6.07, 6.45) is 3.36. The Morgan fingerprint density at radius 2 is 1.84 bits per heavy atom. The van der Waals surface area contributed by atoms with Gasteiger partial charge in [0.05, 0.1) is 22.4 Å². The van der Waals surface area contributed by atoms with Crippen molar-refractivity contribution >= 4 is 21.4 Å². The van der Waals surface area contributed by atoms with Gasteiger partial charge in [0.2, 0.25) is 0 Å². The second-order valence-electron chi connectivity index (χ2n) is 6.47. The van der Waals surface area contributed by atoms with Crippen LogP contribution in [0.4, 0.5) is 5.69 Å². The van der Waals surface area contributed by atoms with E-state index >= 15 is 0 Å². The van der Waals surface area contributed by atoms with Crippen molar-refractivity contribution in [2.45, 2.75) is 35.8 Å². The van der Waals surface area contributed by atoms with Gasteiger partial charge in [-0.05, 0) is 61.6 Å². The summed E-state index contributed by atoms with van der Waals surface area (Å²) >= 11 is 0. The smallest absolute Gasteiger partial charge is 0.255 e. The fourth-order valence-corrected chi connectivity index (χ4v) is 4.71. The van der Waals surface area contributed by atoms with E-state index in [4.69, 9.17) is 4.74 Å². The lowest BCUT2D eigenvalue weighted by molar-refractivity contribution is 0.102. The van der Waals surface area contributed by atoms with Gasteiger partial charge in [-0.3, -0.25) is 4.79 Å². The predicted octanol–water partition coefficient (Wildman–Crippen LogP) is 3.20. The number of aryl methyl sites for hydroxylation is 1. The molecule has 0 saturated heterocycles. The summed E-state index contributed by atoms with van der Waals surface area (Å²) in [5.74, 6) is 0.452. The molecule has 0 bridgehead atoms. The lowest BCUT2D eigenvalue weighted by Gasteiger charge is -2.20. The first-order valence-corrected chi connectivity index (χ1v) is 10.0. The van der Waals surface area contributed by atoms with E-state index in [9.17, 15) is 13.2 Å². The molecule has 1 saturated carbocycles. The maximum atomic E-state index is 12.5. The molecule has 0 atom stereocenters. The fraction of sp³-hybridized carbons (Fsp3) is 0.316. The van der Waals surface area contributed by atoms with Crippen LogP contribution in [0.5, 0.6) is 5.75 Å². The molecule has 130 valence electrons. The SMILES string of the molecule is O=C(Nc1cccc2c1OCCC2)c1ccc(S(=O)(=O)C2CC2)cc1. The standard InChI is InChI=1S/C19H19NO4S/c21-19(20-17-5-1-3-13-4-2-12-24-18(13)17)14-6-8-15(9-7-14)25(22,23)16-10-11-16/h1,3,5-9,16H,2,4,10-12H2,(H,20,21). The molecule has 1 fully saturated rings. The minimum absolute atomic E-state index is 0.250. The van der Waals surface area contributed by atoms with Crippen molar-refractivity contribution in [2.24, 2.45) is 0 Å². The van der Waals surface area contributed by atoms with E-state index in [1.807, 2.05) is 18.2 Å². The summed E-state index contributed by atoms with van der Waals surface area (Å²) < 4.78 is 30.1. The molecule has 1 amide bonds. The third kappa shape index (κ3) is 3.14. The number of hydrogen-bond acceptors (Lipinski definition) is 4. The number of rotatable bonds is 4. The Morgan fingerprint density at radius 3 is 2.56 bits per heavy atom. The molecule has 5 nitrogen and oxygen atoms in total. The Labute approximate surface area is 146 Å². The van der Waals surface area contributed by atoms with Crippen LogP contribution in [0, 0.1) is 0 Å². The molecule has 1 N–H and O–H groups in total. The molecule has 0 spiro atoms. The van der Waals surface area contributed by atoms with E-state index in [0.717, 1.165) is 37.0 Å². The zero-order valence-corrected chi connectivity index (χ0v) is 14.5. The lowest BCUT2D eigenvalue weighted by Crippen LogP contribution is -2.16. The lowest BCUT2D eigenvalue weighted by atomic mass is 10.1. The van der Waals surface area contributed by atoms with E-state index in [2.05, 4.69) is 5.32 Å². The van der Waals surface area contributed by atoms with E-state index < -0.39 is 9.84 Å². The Morgan fingerprint density at radius 1 is 1.08 bits per heavy atom. The van der Waals surface area contributed by atoms with Crippen LogP contribution in [0.25, 0.3) is 0 Å². The van der Waals surface area contributed by atoms with Crippen molar-refractivity contribution < 1.29 is 17.9 Å². The van der Waals surface area contributed by atoms with Gasteiger partial charge in [-0.1, -0.05) is 12.1 Å². The van der Waals surface area contributed by atoms with Crippen LogP contribution < -0.4 is 10.1 Å². The van der Waals surface area contributed by atoms with Gasteiger partial charge < -0.3 is 10.1 Å². The van der Waals surface area contributed by atoms with Crippen molar-refractivity contribution in [1.82, 2.24) is 0 Å². The Bertz CT molecular complexity index is 915. The van der Waals surface area contributed by atoms with Gasteiger partial charge in [0.1, 0.15) is 5.75 Å². The van der Waals surface area contributed by atoms with Crippen LogP contribution >= 0.6 is 0 Å². The quantitative estimate of drug-likeness (QED) is 0.912. The van der Waals surface area contributed by atoms with Gasteiger partial charge in [-0.25, -0.2) is 8.42 Å². The molecule has 0 aromatic heterocycles. The van der Waals surface area contributed by atoms with Crippen molar-refractivity contribution in [3.63, 3.8) is 0 Å². The van der Waals surface area contributed by atoms with Gasteiger partial charge in [0.15, 0.2) is 9.84 Å². The topological polar surface area (TPSA) is 72.5 Å². The van der Waals surface area contributed by atoms with Gasteiger partial charge in [0, 0.05) is 5.56 Å². The van der Waals surface area contributed by atoms with E-state index in [0.29, 0.717) is 17.9 Å². The van der Waals surface area contributed by atoms with Crippen LogP contribution in [-0.4, -0.2) is 26.2 Å². The molecule has 1 aliphatic heterocycles. The molecule has 2 aromatic carbocycles. The maximum Gasteiger partial charge on any atom is 0.255 e. The minimum Gasteiger partial charge on any atom is -0.491 e. The van der Waals surface area contributed by atoms with Crippen LogP contribution in [0.1, 0.15) is 35.2 Å². The monoisotopic (exact) mass is 357 g/mol. The van der Waals surface area contributed by atoms with E-state index in [1.165, 1.54) is 12.1 Å². The van der Waals surface area contributed by atoms with Crippen molar-refractivity contribution in [3.8, 4) is 5.75 Å². The molecule has 4 rings (SSSR count). The van der Waals surface area contributed by atoms with Crippen LogP contribution in [0.15, 0.2) is 47.4 Å². The molecule has 2 aromatic rings. The maximum absolute atomic E-state index is 12.5. The number of benzene rings is 2. The van der Waals surface area contributed by atoms with Gasteiger partial charge in [-0.2, -0.15) is 0 Å². The van der Waals surface area contributed by atoms with E-state index in [1.54, 1.807) is 12.1 Å². The number of amides is 1. The first-order chi connectivity index (χ1) is 12.1. The molecular weight excluding hydrogens is 338 g/mol. The highest BCUT2D eigenvalue weighted by Crippen LogP contribution is 2.34. The number of carbonyl (C=O) groups is 1. The highest BCUT2D eigenvalue weighted by atomic mass is 32.2. The molecule has 6 heteroatoms. The molecule has 1 aliphatic carbocycles. The highest BCUT2D eigenvalue weighted by molar-refractivity contribution is 7.92. The fourth-order valence-electron chi connectivity index (χ4n) is 3.05. The largest absolute Gasteiger partial charge is 0.491 e. The number of carbonyl (C=O) groups excluding carboxylic acids is 1. The first-order valence-electron chi connectivity index (χ1n) is 8.46. The van der Waals surface area contributed by atoms with E-state index in [-0.39, 0.29) is 16.1 Å². The zero-order chi connectivity index (χ0) is 17.4. The summed E-state index contributed by atoms with van der Waals surface area (Å²) in [6.45, 7) is 0.646. The number of ether oxygens (including phenoxy) is 1. The predicted molar refractivity (Wildman–Crippen MR) is 94.9 cm³/mol. The number of anilines is 1. The summed E-state index contributed by atoms with van der Waals surface area (Å²) in [7, 11) is -3.23. The Kier molecular flexibility index (Phi) is 4.00. The Hall–Kier alpha value is -2.34. The van der Waals surface area contributed by atoms with Gasteiger partial charge >= 0.3 is 0 Å². The molecular formula is C19H19NO4S. The molecule has 1 heterocycles. The molecule has 0 unspecified atom stereocenters. The average molecular weight is 357 g/mol. The van der Waals surface area contributed by atoms with Crippen LogP contribution in [0.2, 0.25) is 0 Å². The van der Waals surface area contributed by atoms with Crippen molar-refractivity contribution in [2.75, 3.05) is 11.9 Å². The summed E-state index contributed by atoms with van der Waals surface area (Å²) in [5, 5.41) is 2.62. The second kappa shape index (κ2) is 6.19. The number of sulfone groups is 1. The Balaban J connectivity index is 1.54. The number of nitrogens with one attached hydrogen (secondary N) is 1. The highest BCUT2D eigenvalue weighted by Gasteiger charge is 2.36. The summed E-state index contributed by atoms with van der Waals surface area (Å²) in [5.41, 5.74) is 2.16. The first kappa shape index (κ1) is 16.1. The second-order valence-corrected chi connectivity index (χ2v) is 8.70. The summed E-state index contributed by atoms with van der Waals surface area (Å²) in [4.78, 5) is 12.8. The number of fused-ring (bicyclic) bond motifs is 1. The van der Waals surface area contributed by atoms with Gasteiger partial charge in [-0.15, -0.1) is 0 Å². The minimum atomic E-state index is -3.23. The number of hydrogen-bond donors (Lipinski definition) is 1.